The molecule has 0 bridgehead atoms. The molecule has 0 aliphatic carbocycles. The van der Waals surface area contributed by atoms with E-state index < -0.39 is 45.1 Å². The van der Waals surface area contributed by atoms with Crippen LogP contribution in [0.25, 0.3) is 0 Å². The molecule has 4 N–H and O–H groups in total. The molecule has 0 heterocycles. The number of carbonyl (C=O) groups is 2. The van der Waals surface area contributed by atoms with Gasteiger partial charge < -0.3 is 25.2 Å². The highest BCUT2D eigenvalue weighted by Gasteiger charge is 2.27. The summed E-state index contributed by atoms with van der Waals surface area (Å²) in [5.41, 5.74) is 5.36. The third kappa shape index (κ3) is 41.6. The third-order valence-corrected chi connectivity index (χ3v) is 10.2. The van der Waals surface area contributed by atoms with Gasteiger partial charge in [-0.05, 0) is 77.0 Å². The van der Waals surface area contributed by atoms with Crippen molar-refractivity contribution < 1.29 is 42.7 Å². The molecule has 11 heteroatoms. The second-order valence-electron chi connectivity index (χ2n) is 14.8. The summed E-state index contributed by atoms with van der Waals surface area (Å²) in [6.07, 6.45) is 49.8. The van der Waals surface area contributed by atoms with Gasteiger partial charge in [-0.3, -0.25) is 18.6 Å². The van der Waals surface area contributed by atoms with Gasteiger partial charge >= 0.3 is 19.8 Å². The first-order valence-corrected chi connectivity index (χ1v) is 23.8. The van der Waals surface area contributed by atoms with Gasteiger partial charge in [0.05, 0.1) is 19.8 Å². The number of carboxylic acid groups (broad SMARTS) is 1. The normalized spacial score (nSPS) is 14.5. The number of hydrogen-bond acceptors (Lipinski definition) is 8. The number of carboxylic acids is 1. The number of carbonyl (C=O) groups excluding carboxylic acids is 1. The maximum absolute atomic E-state index is 12.6. The van der Waals surface area contributed by atoms with Crippen LogP contribution < -0.4 is 5.73 Å². The summed E-state index contributed by atoms with van der Waals surface area (Å²) < 4.78 is 33.4. The van der Waals surface area contributed by atoms with Gasteiger partial charge in [-0.1, -0.05) is 158 Å². The summed E-state index contributed by atoms with van der Waals surface area (Å²) in [7, 11) is -4.63. The van der Waals surface area contributed by atoms with Gasteiger partial charge in [0.25, 0.3) is 0 Å². The Hall–Kier alpha value is -2.33. The van der Waals surface area contributed by atoms with Gasteiger partial charge in [-0.25, -0.2) is 4.57 Å². The van der Waals surface area contributed by atoms with E-state index in [1.807, 2.05) is 0 Å². The topological polar surface area (TPSA) is 155 Å². The number of unbranched alkanes of at least 4 members (excludes halogenated alkanes) is 18. The zero-order valence-corrected chi connectivity index (χ0v) is 36.8. The van der Waals surface area contributed by atoms with Crippen molar-refractivity contribution in [3.05, 3.63) is 60.8 Å². The molecule has 0 saturated heterocycles. The van der Waals surface area contributed by atoms with Crippen molar-refractivity contribution in [1.29, 1.82) is 0 Å². The van der Waals surface area contributed by atoms with Gasteiger partial charge in [-0.2, -0.15) is 0 Å². The quantitative estimate of drug-likeness (QED) is 0.0234. The number of nitrogens with two attached hydrogens (primary N) is 1. The fourth-order valence-corrected chi connectivity index (χ4v) is 6.60. The molecule has 0 aliphatic heterocycles. The minimum absolute atomic E-state index is 0.00263. The molecule has 0 saturated carbocycles. The molecular formula is C46H82NO9P. The summed E-state index contributed by atoms with van der Waals surface area (Å²) in [6, 6.07) is -1.48. The molecule has 0 fully saturated rings. The average Bonchev–Trinajstić information content (AvgIpc) is 3.19. The van der Waals surface area contributed by atoms with E-state index in [1.165, 1.54) is 83.5 Å². The number of allylic oxidation sites excluding steroid dienone is 10. The second kappa shape index (κ2) is 41.8. The molecule has 10 nitrogen and oxygen atoms in total. The number of ether oxygens (including phenoxy) is 2. The van der Waals surface area contributed by atoms with Crippen molar-refractivity contribution in [2.45, 2.75) is 193 Å². The van der Waals surface area contributed by atoms with Crippen LogP contribution in [-0.4, -0.2) is 60.5 Å². The summed E-state index contributed by atoms with van der Waals surface area (Å²) in [5, 5.41) is 8.90. The Morgan fingerprint density at radius 2 is 1.02 bits per heavy atom. The van der Waals surface area contributed by atoms with E-state index in [0.29, 0.717) is 13.0 Å². The SMILES string of the molecule is CC/C=C\C/C=C\C/C=C\C/C=C\CCCCCCC(=O)OC(COCCCCCCCCCC/C=C\CCCCCCCC)COP(=O)(O)OCC(N)C(=O)O. The lowest BCUT2D eigenvalue weighted by Gasteiger charge is -2.20. The Kier molecular flexibility index (Phi) is 40.1. The van der Waals surface area contributed by atoms with Crippen LogP contribution in [0.15, 0.2) is 60.8 Å². The summed E-state index contributed by atoms with van der Waals surface area (Å²) in [6.45, 7) is 3.72. The van der Waals surface area contributed by atoms with Gasteiger partial charge in [0, 0.05) is 13.0 Å². The van der Waals surface area contributed by atoms with Gasteiger partial charge in [0.2, 0.25) is 0 Å². The van der Waals surface area contributed by atoms with E-state index in [0.717, 1.165) is 70.6 Å². The molecular weight excluding hydrogens is 741 g/mol. The molecule has 0 spiro atoms. The van der Waals surface area contributed by atoms with Crippen molar-refractivity contribution in [1.82, 2.24) is 0 Å². The Morgan fingerprint density at radius 1 is 0.579 bits per heavy atom. The fourth-order valence-electron chi connectivity index (χ4n) is 5.82. The lowest BCUT2D eigenvalue weighted by Crippen LogP contribution is -2.34. The van der Waals surface area contributed by atoms with Crippen LogP contribution in [0.3, 0.4) is 0 Å². The first-order valence-electron chi connectivity index (χ1n) is 22.3. The van der Waals surface area contributed by atoms with Crippen molar-refractivity contribution in [3.63, 3.8) is 0 Å². The van der Waals surface area contributed by atoms with Gasteiger partial charge in [-0.15, -0.1) is 0 Å². The Bertz CT molecular complexity index is 1140. The molecule has 330 valence electrons. The molecule has 0 amide bonds. The molecule has 3 unspecified atom stereocenters. The van der Waals surface area contributed by atoms with E-state index in [2.05, 4.69) is 74.6 Å². The number of rotatable bonds is 42. The molecule has 57 heavy (non-hydrogen) atoms. The van der Waals surface area contributed by atoms with Crippen LogP contribution in [0.1, 0.15) is 181 Å². The first kappa shape index (κ1) is 54.7. The fraction of sp³-hybridized carbons (Fsp3) is 0.739. The van der Waals surface area contributed by atoms with Gasteiger partial charge in [0.1, 0.15) is 12.1 Å². The van der Waals surface area contributed by atoms with Crippen molar-refractivity contribution in [3.8, 4) is 0 Å². The molecule has 0 rings (SSSR count). The number of esters is 1. The predicted octanol–water partition coefficient (Wildman–Crippen LogP) is 12.4. The lowest BCUT2D eigenvalue weighted by atomic mass is 10.1. The molecule has 3 atom stereocenters. The highest BCUT2D eigenvalue weighted by molar-refractivity contribution is 7.47. The maximum Gasteiger partial charge on any atom is 0.472 e. The lowest BCUT2D eigenvalue weighted by molar-refractivity contribution is -0.154. The van der Waals surface area contributed by atoms with Crippen LogP contribution in [0, 0.1) is 0 Å². The van der Waals surface area contributed by atoms with Crippen LogP contribution in [0.5, 0.6) is 0 Å². The van der Waals surface area contributed by atoms with E-state index in [9.17, 15) is 19.0 Å². The number of hydrogen-bond donors (Lipinski definition) is 3. The summed E-state index contributed by atoms with van der Waals surface area (Å²) >= 11 is 0. The minimum Gasteiger partial charge on any atom is -0.480 e. The van der Waals surface area contributed by atoms with Crippen molar-refractivity contribution in [2.24, 2.45) is 5.73 Å². The van der Waals surface area contributed by atoms with Gasteiger partial charge in [0.15, 0.2) is 0 Å². The van der Waals surface area contributed by atoms with E-state index in [-0.39, 0.29) is 13.0 Å². The van der Waals surface area contributed by atoms with Crippen LogP contribution in [0.4, 0.5) is 0 Å². The average molecular weight is 824 g/mol. The van der Waals surface area contributed by atoms with E-state index in [4.69, 9.17) is 29.4 Å². The number of phosphoric ester groups is 1. The van der Waals surface area contributed by atoms with Crippen LogP contribution in [0.2, 0.25) is 0 Å². The highest BCUT2D eigenvalue weighted by Crippen LogP contribution is 2.43. The predicted molar refractivity (Wildman–Crippen MR) is 235 cm³/mol. The zero-order valence-electron chi connectivity index (χ0n) is 35.9. The minimum atomic E-state index is -4.63. The highest BCUT2D eigenvalue weighted by atomic mass is 31.2. The standard InChI is InChI=1S/C46H82NO9P/c1-3-5-7-9-11-13-15-17-19-21-23-25-27-29-31-33-35-37-39-53-40-43(41-54-57(51,52)55-42-44(47)46(49)50)56-45(48)38-36-34-32-30-28-26-24-22-20-18-16-14-12-10-8-6-4-2/h6,8,12,14,17-20,24,26,43-44H,3-5,7,9-11,13,15-16,21-23,25,27-42,47H2,1-2H3,(H,49,50)(H,51,52)/b8-6-,14-12-,19-17-,20-18-,26-24-. The van der Waals surface area contributed by atoms with E-state index in [1.54, 1.807) is 0 Å². The first-order chi connectivity index (χ1) is 27.7. The molecule has 0 aliphatic rings. The van der Waals surface area contributed by atoms with E-state index >= 15 is 0 Å². The smallest absolute Gasteiger partial charge is 0.472 e. The monoisotopic (exact) mass is 824 g/mol. The third-order valence-electron chi connectivity index (χ3n) is 9.28. The number of aliphatic carboxylic acids is 1. The van der Waals surface area contributed by atoms with Crippen molar-refractivity contribution in [2.75, 3.05) is 26.4 Å². The molecule has 0 aromatic carbocycles. The Morgan fingerprint density at radius 3 is 1.54 bits per heavy atom. The molecule has 0 radical (unpaired) electrons. The Balaban J connectivity index is 4.28. The Labute approximate surface area is 347 Å². The van der Waals surface area contributed by atoms with Crippen LogP contribution in [-0.2, 0) is 32.7 Å². The maximum atomic E-state index is 12.6. The number of phosphoric acid groups is 1. The summed E-state index contributed by atoms with van der Waals surface area (Å²) in [5.74, 6) is -1.81. The van der Waals surface area contributed by atoms with Crippen molar-refractivity contribution >= 4 is 19.8 Å². The second-order valence-corrected chi connectivity index (χ2v) is 16.2. The van der Waals surface area contributed by atoms with Crippen LogP contribution >= 0.6 is 7.82 Å². The molecule has 0 aromatic rings. The molecule has 0 aromatic heterocycles. The largest absolute Gasteiger partial charge is 0.480 e. The zero-order chi connectivity index (χ0) is 41.9. The summed E-state index contributed by atoms with van der Waals surface area (Å²) in [4.78, 5) is 33.6.